The lowest BCUT2D eigenvalue weighted by Crippen LogP contribution is -2.53. The fourth-order valence-corrected chi connectivity index (χ4v) is 8.59. The highest BCUT2D eigenvalue weighted by Crippen LogP contribution is 2.35. The first-order chi connectivity index (χ1) is 26.0. The highest BCUT2D eigenvalue weighted by atomic mass is 32.2. The zero-order valence-electron chi connectivity index (χ0n) is 30.0. The molecule has 290 valence electrons. The number of alkyl carbamates (subject to hydrolysis) is 1. The fourth-order valence-electron chi connectivity index (χ4n) is 6.36. The molecule has 5 atom stereocenters. The van der Waals surface area contributed by atoms with Gasteiger partial charge in [0.15, 0.2) is 17.8 Å². The number of nitrogens with zero attached hydrogens (tertiary/aromatic N) is 5. The van der Waals surface area contributed by atoms with Crippen LogP contribution in [0.1, 0.15) is 36.5 Å². The number of nitrogens with one attached hydrogen (secondary N) is 1. The first kappa shape index (κ1) is 39.1. The van der Waals surface area contributed by atoms with E-state index in [1.54, 1.807) is 24.3 Å². The Morgan fingerprint density at radius 2 is 1.93 bits per heavy atom. The van der Waals surface area contributed by atoms with Gasteiger partial charge < -0.3 is 38.5 Å². The normalized spacial score (nSPS) is 19.9. The summed E-state index contributed by atoms with van der Waals surface area (Å²) in [4.78, 5) is 33.7. The Morgan fingerprint density at radius 1 is 1.13 bits per heavy atom. The molecule has 6 rings (SSSR count). The number of sulfonamides is 1. The van der Waals surface area contributed by atoms with Crippen LogP contribution in [-0.4, -0.2) is 94.0 Å². The molecule has 2 fully saturated rings. The molecule has 1 amide bonds. The molecule has 3 aliphatic rings. The van der Waals surface area contributed by atoms with E-state index in [1.165, 1.54) is 33.8 Å². The number of fused-ring (bicyclic) bond motifs is 2. The van der Waals surface area contributed by atoms with Crippen LogP contribution in [0.25, 0.3) is 10.4 Å². The molecule has 4 heterocycles. The summed E-state index contributed by atoms with van der Waals surface area (Å²) in [6, 6.07) is 10.4. The molecule has 2 saturated heterocycles. The van der Waals surface area contributed by atoms with Gasteiger partial charge in [0.1, 0.15) is 31.1 Å². The number of hydrogen-bond acceptors (Lipinski definition) is 14. The van der Waals surface area contributed by atoms with Crippen molar-refractivity contribution in [2.24, 2.45) is 17.0 Å². The molecule has 0 radical (unpaired) electrons. The van der Waals surface area contributed by atoms with Crippen molar-refractivity contribution in [3.63, 3.8) is 0 Å². The summed E-state index contributed by atoms with van der Waals surface area (Å²) >= 11 is 1.53. The van der Waals surface area contributed by atoms with Crippen LogP contribution in [-0.2, 0) is 46.8 Å². The quantitative estimate of drug-likeness (QED) is 0.0853. The largest absolute Gasteiger partial charge is 0.487 e. The standard InChI is InChI=1S/C35H42N6O11S2/c1-21(2)15-41(54(44,45)26-8-9-29-30(13-26)50-20-49-29)16-31(51-33(42)14-37-40-36)28(39-35(43)52-32-18-48-34-27(32)10-11-46-34)12-23-4-6-25(7-5-23)47-17-24-19-53-22(3)38-24/h4-9,13,19,21,27-28,31-32,34H,10-12,14-18,20H2,1-3H3,(H,39,43)/t27-,28-,31+,32-,34+/m0/s1. The maximum Gasteiger partial charge on any atom is 0.407 e. The van der Waals surface area contributed by atoms with Crippen molar-refractivity contribution in [2.75, 3.05) is 39.6 Å². The zero-order chi connectivity index (χ0) is 38.2. The van der Waals surface area contributed by atoms with Crippen molar-refractivity contribution in [3.8, 4) is 17.2 Å². The summed E-state index contributed by atoms with van der Waals surface area (Å²) in [6.07, 6.45) is -2.40. The Labute approximate surface area is 316 Å². The maximum atomic E-state index is 14.3. The molecule has 3 aliphatic heterocycles. The van der Waals surface area contributed by atoms with Gasteiger partial charge in [0.25, 0.3) is 0 Å². The third kappa shape index (κ3) is 9.90. The number of hydrogen-bond donors (Lipinski definition) is 1. The van der Waals surface area contributed by atoms with Crippen molar-refractivity contribution in [1.82, 2.24) is 14.6 Å². The lowest BCUT2D eigenvalue weighted by molar-refractivity contribution is -0.149. The van der Waals surface area contributed by atoms with Gasteiger partial charge in [0.2, 0.25) is 16.8 Å². The van der Waals surface area contributed by atoms with E-state index >= 15 is 0 Å². The maximum absolute atomic E-state index is 14.3. The molecule has 0 spiro atoms. The second-order valence-corrected chi connectivity index (χ2v) is 16.4. The van der Waals surface area contributed by atoms with E-state index < -0.39 is 53.2 Å². The molecule has 1 N–H and O–H groups in total. The average Bonchev–Trinajstić information content (AvgIpc) is 3.96. The molecule has 19 heteroatoms. The molecule has 1 aromatic heterocycles. The molecule has 0 bridgehead atoms. The highest BCUT2D eigenvalue weighted by molar-refractivity contribution is 7.89. The van der Waals surface area contributed by atoms with Gasteiger partial charge in [-0.3, -0.25) is 4.79 Å². The van der Waals surface area contributed by atoms with E-state index in [9.17, 15) is 18.0 Å². The lowest BCUT2D eigenvalue weighted by atomic mass is 10.0. The van der Waals surface area contributed by atoms with Gasteiger partial charge in [-0.2, -0.15) is 4.31 Å². The third-order valence-electron chi connectivity index (χ3n) is 8.91. The fraction of sp³-hybridized carbons (Fsp3) is 0.514. The first-order valence-corrected chi connectivity index (χ1v) is 19.7. The zero-order valence-corrected chi connectivity index (χ0v) is 31.6. The van der Waals surface area contributed by atoms with Crippen LogP contribution in [0.4, 0.5) is 4.79 Å². The molecule has 54 heavy (non-hydrogen) atoms. The van der Waals surface area contributed by atoms with Crippen LogP contribution < -0.4 is 19.5 Å². The average molecular weight is 787 g/mol. The Kier molecular flexibility index (Phi) is 12.8. The number of benzene rings is 2. The Bertz CT molecular complexity index is 1940. The van der Waals surface area contributed by atoms with E-state index in [-0.39, 0.29) is 62.0 Å². The van der Waals surface area contributed by atoms with E-state index in [0.717, 1.165) is 10.7 Å². The smallest absolute Gasteiger partial charge is 0.407 e. The number of carbonyl (C=O) groups excluding carboxylic acids is 2. The summed E-state index contributed by atoms with van der Waals surface area (Å²) in [6.45, 7) is 5.49. The van der Waals surface area contributed by atoms with E-state index in [1.807, 2.05) is 26.2 Å². The monoisotopic (exact) mass is 786 g/mol. The number of esters is 1. The molecule has 0 saturated carbocycles. The van der Waals surface area contributed by atoms with Gasteiger partial charge in [0.05, 0.1) is 47.3 Å². The molecule has 0 unspecified atom stereocenters. The minimum absolute atomic E-state index is 0.0331. The first-order valence-electron chi connectivity index (χ1n) is 17.4. The number of aryl methyl sites for hydroxylation is 1. The van der Waals surface area contributed by atoms with Crippen molar-refractivity contribution in [3.05, 3.63) is 74.6 Å². The van der Waals surface area contributed by atoms with Gasteiger partial charge in [0, 0.05) is 22.9 Å². The summed E-state index contributed by atoms with van der Waals surface area (Å²) in [5.41, 5.74) is 10.4. The van der Waals surface area contributed by atoms with Crippen molar-refractivity contribution in [2.45, 2.75) is 69.7 Å². The van der Waals surface area contributed by atoms with Crippen LogP contribution >= 0.6 is 11.3 Å². The minimum atomic E-state index is -4.23. The van der Waals surface area contributed by atoms with Crippen LogP contribution in [0.2, 0.25) is 0 Å². The second-order valence-electron chi connectivity index (χ2n) is 13.4. The van der Waals surface area contributed by atoms with Crippen LogP contribution in [0.15, 0.2) is 57.9 Å². The van der Waals surface area contributed by atoms with Crippen molar-refractivity contribution < 1.29 is 51.2 Å². The summed E-state index contributed by atoms with van der Waals surface area (Å²) < 4.78 is 69.3. The van der Waals surface area contributed by atoms with Crippen LogP contribution in [0, 0.1) is 18.8 Å². The number of thiazole rings is 1. The van der Waals surface area contributed by atoms with Crippen molar-refractivity contribution in [1.29, 1.82) is 0 Å². The topological polar surface area (TPSA) is 210 Å². The summed E-state index contributed by atoms with van der Waals surface area (Å²) in [7, 11) is -4.23. The molecule has 3 aromatic rings. The molecule has 2 aromatic carbocycles. The van der Waals surface area contributed by atoms with Crippen molar-refractivity contribution >= 4 is 33.4 Å². The summed E-state index contributed by atoms with van der Waals surface area (Å²) in [5, 5.41) is 9.03. The van der Waals surface area contributed by atoms with Crippen LogP contribution in [0.5, 0.6) is 17.2 Å². The third-order valence-corrected chi connectivity index (χ3v) is 11.6. The van der Waals surface area contributed by atoms with Gasteiger partial charge in [-0.25, -0.2) is 18.2 Å². The minimum Gasteiger partial charge on any atom is -0.487 e. The Morgan fingerprint density at radius 3 is 2.67 bits per heavy atom. The Hall–Kier alpha value is -4.65. The van der Waals surface area contributed by atoms with Gasteiger partial charge in [-0.05, 0) is 61.0 Å². The lowest BCUT2D eigenvalue weighted by Gasteiger charge is -2.33. The number of ether oxygens (including phenoxy) is 7. The number of carbonyl (C=O) groups is 2. The number of rotatable bonds is 17. The predicted octanol–water partition coefficient (Wildman–Crippen LogP) is 4.73. The number of amides is 1. The second kappa shape index (κ2) is 17.7. The molecular formula is C35H42N6O11S2. The van der Waals surface area contributed by atoms with E-state index in [0.29, 0.717) is 30.1 Å². The Balaban J connectivity index is 1.28. The SMILES string of the molecule is Cc1nc(COc2ccc(C[C@H](NC(=O)O[C@H]3CO[C@H]4OCC[C@H]43)[C@@H](CN(CC(C)C)S(=O)(=O)c3ccc4c(c3)OCO4)OC(=O)CN=[N+]=[N-])cc2)cs1. The number of azide groups is 1. The van der Waals surface area contributed by atoms with E-state index in [2.05, 4.69) is 20.3 Å². The summed E-state index contributed by atoms with van der Waals surface area (Å²) in [5.74, 6) is 0.0577. The number of aromatic nitrogens is 1. The highest BCUT2D eigenvalue weighted by Gasteiger charge is 2.44. The predicted molar refractivity (Wildman–Crippen MR) is 192 cm³/mol. The van der Waals surface area contributed by atoms with E-state index in [4.69, 9.17) is 38.7 Å². The molecular weight excluding hydrogens is 745 g/mol. The molecule has 0 aliphatic carbocycles. The van der Waals surface area contributed by atoms with Gasteiger partial charge in [-0.1, -0.05) is 31.1 Å². The molecule has 17 nitrogen and oxygen atoms in total. The van der Waals surface area contributed by atoms with Crippen LogP contribution in [0.3, 0.4) is 0 Å². The van der Waals surface area contributed by atoms with Gasteiger partial charge >= 0.3 is 12.1 Å². The van der Waals surface area contributed by atoms with Gasteiger partial charge in [-0.15, -0.1) is 11.3 Å².